The number of aliphatic hydroxyl groups is 1. The number of aromatic nitrogens is 1. The molecule has 4 heteroatoms. The van der Waals surface area contributed by atoms with Crippen molar-refractivity contribution in [3.8, 4) is 0 Å². The quantitative estimate of drug-likeness (QED) is 0.798. The summed E-state index contributed by atoms with van der Waals surface area (Å²) < 4.78 is 0. The number of hydrogen-bond donors (Lipinski definition) is 3. The molecule has 0 radical (unpaired) electrons. The largest absolute Gasteiger partial charge is 0.384 e. The van der Waals surface area contributed by atoms with Gasteiger partial charge in [-0.25, -0.2) is 0 Å². The molecule has 1 saturated heterocycles. The van der Waals surface area contributed by atoms with Gasteiger partial charge in [0.05, 0.1) is 5.69 Å². The zero-order chi connectivity index (χ0) is 15.6. The molecule has 0 bridgehead atoms. The third-order valence-electron chi connectivity index (χ3n) is 5.40. The normalized spacial score (nSPS) is 35.9. The fraction of sp³-hybridized carbons (Fsp3) is 0.722. The van der Waals surface area contributed by atoms with Crippen LogP contribution in [0.15, 0.2) is 24.4 Å². The Hall–Kier alpha value is -0.970. The van der Waals surface area contributed by atoms with Crippen molar-refractivity contribution in [2.24, 2.45) is 5.92 Å². The van der Waals surface area contributed by atoms with Gasteiger partial charge in [0, 0.05) is 30.9 Å². The maximum Gasteiger partial charge on any atom is 0.107 e. The summed E-state index contributed by atoms with van der Waals surface area (Å²) in [4.78, 5) is 4.35. The fourth-order valence-corrected chi connectivity index (χ4v) is 3.89. The van der Waals surface area contributed by atoms with E-state index in [4.69, 9.17) is 0 Å². The second-order valence-electron chi connectivity index (χ2n) is 7.38. The first-order valence-electron chi connectivity index (χ1n) is 8.70. The molecule has 4 nitrogen and oxygen atoms in total. The molecule has 2 fully saturated rings. The summed E-state index contributed by atoms with van der Waals surface area (Å²) in [6, 6.07) is 7.56. The molecule has 2 aliphatic rings. The van der Waals surface area contributed by atoms with Crippen LogP contribution in [0.2, 0.25) is 0 Å². The highest BCUT2D eigenvalue weighted by molar-refractivity contribution is 5.14. The van der Waals surface area contributed by atoms with Crippen LogP contribution in [0.25, 0.3) is 0 Å². The molecule has 1 aromatic rings. The molecule has 0 amide bonds. The molecule has 1 aliphatic carbocycles. The van der Waals surface area contributed by atoms with Gasteiger partial charge >= 0.3 is 0 Å². The lowest BCUT2D eigenvalue weighted by Gasteiger charge is -2.37. The molecule has 3 rings (SSSR count). The second kappa shape index (κ2) is 6.65. The molecule has 0 spiro atoms. The molecular formula is C18H29N3O. The SMILES string of the molecule is CC(C)[C@@H]1C[C@H](NC2CCC(O)(c3ccccn3)CC2)CN1. The maximum absolute atomic E-state index is 10.8. The van der Waals surface area contributed by atoms with Crippen LogP contribution in [0.3, 0.4) is 0 Å². The van der Waals surface area contributed by atoms with Crippen LogP contribution >= 0.6 is 0 Å². The van der Waals surface area contributed by atoms with Gasteiger partial charge in [-0.3, -0.25) is 4.98 Å². The molecule has 0 unspecified atom stereocenters. The van der Waals surface area contributed by atoms with Crippen LogP contribution in [-0.4, -0.2) is 34.8 Å². The van der Waals surface area contributed by atoms with E-state index in [9.17, 15) is 5.11 Å². The molecule has 1 aromatic heterocycles. The molecule has 3 N–H and O–H groups in total. The zero-order valence-electron chi connectivity index (χ0n) is 13.8. The van der Waals surface area contributed by atoms with Gasteiger partial charge in [0.2, 0.25) is 0 Å². The summed E-state index contributed by atoms with van der Waals surface area (Å²) in [5.41, 5.74) is 0.101. The van der Waals surface area contributed by atoms with Crippen molar-refractivity contribution in [2.45, 2.75) is 69.7 Å². The van der Waals surface area contributed by atoms with E-state index >= 15 is 0 Å². The fourth-order valence-electron chi connectivity index (χ4n) is 3.89. The molecule has 1 aliphatic heterocycles. The van der Waals surface area contributed by atoms with E-state index in [1.54, 1.807) is 6.20 Å². The first kappa shape index (κ1) is 15.9. The molecule has 2 heterocycles. The summed E-state index contributed by atoms with van der Waals surface area (Å²) in [7, 11) is 0. The summed E-state index contributed by atoms with van der Waals surface area (Å²) >= 11 is 0. The predicted octanol–water partition coefficient (Wildman–Crippen LogP) is 2.19. The molecule has 0 aromatic carbocycles. The average molecular weight is 303 g/mol. The van der Waals surface area contributed by atoms with Gasteiger partial charge in [-0.05, 0) is 50.2 Å². The van der Waals surface area contributed by atoms with Crippen LogP contribution in [0.4, 0.5) is 0 Å². The molecule has 2 atom stereocenters. The van der Waals surface area contributed by atoms with Crippen LogP contribution in [0.1, 0.15) is 51.6 Å². The number of rotatable bonds is 4. The number of hydrogen-bond acceptors (Lipinski definition) is 4. The third-order valence-corrected chi connectivity index (χ3v) is 5.40. The minimum atomic E-state index is -0.728. The number of pyridine rings is 1. The highest BCUT2D eigenvalue weighted by atomic mass is 16.3. The monoisotopic (exact) mass is 303 g/mol. The molecule has 122 valence electrons. The molecular weight excluding hydrogens is 274 g/mol. The highest BCUT2D eigenvalue weighted by Gasteiger charge is 2.37. The van der Waals surface area contributed by atoms with E-state index in [0.29, 0.717) is 24.0 Å². The van der Waals surface area contributed by atoms with Gasteiger partial charge < -0.3 is 15.7 Å². The Morgan fingerprint density at radius 3 is 2.64 bits per heavy atom. The van der Waals surface area contributed by atoms with Gasteiger partial charge in [-0.15, -0.1) is 0 Å². The van der Waals surface area contributed by atoms with E-state index in [1.807, 2.05) is 18.2 Å². The van der Waals surface area contributed by atoms with E-state index in [1.165, 1.54) is 6.42 Å². The van der Waals surface area contributed by atoms with Crippen LogP contribution in [0.5, 0.6) is 0 Å². The Kier molecular flexibility index (Phi) is 4.81. The molecule has 22 heavy (non-hydrogen) atoms. The van der Waals surface area contributed by atoms with Crippen molar-refractivity contribution in [2.75, 3.05) is 6.54 Å². The summed E-state index contributed by atoms with van der Waals surface area (Å²) in [5, 5.41) is 18.2. The Balaban J connectivity index is 1.50. The Bertz CT molecular complexity index is 468. The number of nitrogens with one attached hydrogen (secondary N) is 2. The van der Waals surface area contributed by atoms with E-state index in [-0.39, 0.29) is 0 Å². The molecule has 1 saturated carbocycles. The predicted molar refractivity (Wildman–Crippen MR) is 88.6 cm³/mol. The third kappa shape index (κ3) is 3.50. The van der Waals surface area contributed by atoms with Crippen LogP contribution in [-0.2, 0) is 5.60 Å². The van der Waals surface area contributed by atoms with Crippen molar-refractivity contribution < 1.29 is 5.11 Å². The summed E-state index contributed by atoms with van der Waals surface area (Å²) in [6.45, 7) is 5.64. The lowest BCUT2D eigenvalue weighted by atomic mass is 9.79. The smallest absolute Gasteiger partial charge is 0.107 e. The maximum atomic E-state index is 10.8. The minimum absolute atomic E-state index is 0.529. The summed E-state index contributed by atoms with van der Waals surface area (Å²) in [6.07, 6.45) is 6.64. The van der Waals surface area contributed by atoms with Crippen LogP contribution < -0.4 is 10.6 Å². The van der Waals surface area contributed by atoms with Gasteiger partial charge in [-0.2, -0.15) is 0 Å². The Morgan fingerprint density at radius 2 is 2.05 bits per heavy atom. The minimum Gasteiger partial charge on any atom is -0.384 e. The van der Waals surface area contributed by atoms with Gasteiger partial charge in [0.1, 0.15) is 5.60 Å². The lowest BCUT2D eigenvalue weighted by Crippen LogP contribution is -2.45. The van der Waals surface area contributed by atoms with E-state index < -0.39 is 5.60 Å². The Labute approximate surface area is 133 Å². The first-order chi connectivity index (χ1) is 10.6. The van der Waals surface area contributed by atoms with Gasteiger partial charge in [-0.1, -0.05) is 19.9 Å². The Morgan fingerprint density at radius 1 is 1.27 bits per heavy atom. The van der Waals surface area contributed by atoms with Crippen molar-refractivity contribution in [3.05, 3.63) is 30.1 Å². The van der Waals surface area contributed by atoms with Crippen molar-refractivity contribution in [1.82, 2.24) is 15.6 Å². The van der Waals surface area contributed by atoms with Gasteiger partial charge in [0.15, 0.2) is 0 Å². The average Bonchev–Trinajstić information content (AvgIpc) is 3.00. The van der Waals surface area contributed by atoms with E-state index in [2.05, 4.69) is 29.5 Å². The highest BCUT2D eigenvalue weighted by Crippen LogP contribution is 2.36. The van der Waals surface area contributed by atoms with Crippen molar-refractivity contribution >= 4 is 0 Å². The first-order valence-corrected chi connectivity index (χ1v) is 8.70. The van der Waals surface area contributed by atoms with Crippen molar-refractivity contribution in [3.63, 3.8) is 0 Å². The van der Waals surface area contributed by atoms with Crippen LogP contribution in [0, 0.1) is 5.92 Å². The standard InChI is InChI=1S/C18H29N3O/c1-13(2)16-11-15(12-20-16)21-14-6-8-18(22,9-7-14)17-5-3-4-10-19-17/h3-5,10,13-16,20-22H,6-9,11-12H2,1-2H3/t14?,15-,16-,18?/m0/s1. The topological polar surface area (TPSA) is 57.2 Å². The van der Waals surface area contributed by atoms with Crippen molar-refractivity contribution in [1.29, 1.82) is 0 Å². The second-order valence-corrected chi connectivity index (χ2v) is 7.38. The summed E-state index contributed by atoms with van der Waals surface area (Å²) in [5.74, 6) is 0.701. The number of nitrogens with zero attached hydrogens (tertiary/aromatic N) is 1. The lowest BCUT2D eigenvalue weighted by molar-refractivity contribution is -0.0130. The zero-order valence-corrected chi connectivity index (χ0v) is 13.8. The van der Waals surface area contributed by atoms with E-state index in [0.717, 1.165) is 37.9 Å². The van der Waals surface area contributed by atoms with Gasteiger partial charge in [0.25, 0.3) is 0 Å².